The number of carbonyl (C=O) groups is 1. The topological polar surface area (TPSA) is 49.6 Å². The van der Waals surface area contributed by atoms with Crippen LogP contribution < -0.4 is 5.73 Å². The maximum Gasteiger partial charge on any atom is 0.254 e. The van der Waals surface area contributed by atoms with E-state index < -0.39 is 0 Å². The van der Waals surface area contributed by atoms with Crippen molar-refractivity contribution in [2.75, 3.05) is 32.9 Å². The van der Waals surface area contributed by atoms with Crippen molar-refractivity contribution in [1.29, 1.82) is 0 Å². The smallest absolute Gasteiger partial charge is 0.254 e. The minimum Gasteiger partial charge on any atom is -0.398 e. The molecule has 1 amide bonds. The van der Waals surface area contributed by atoms with Gasteiger partial charge >= 0.3 is 0 Å². The molecule has 0 radical (unpaired) electrons. The van der Waals surface area contributed by atoms with Crippen molar-refractivity contribution in [2.45, 2.75) is 37.6 Å². The van der Waals surface area contributed by atoms with Crippen molar-refractivity contribution in [3.63, 3.8) is 0 Å². The number of nitrogens with zero attached hydrogens (tertiary/aromatic N) is 2. The highest BCUT2D eigenvalue weighted by Crippen LogP contribution is 2.51. The van der Waals surface area contributed by atoms with Gasteiger partial charge in [-0.15, -0.1) is 0 Å². The van der Waals surface area contributed by atoms with Gasteiger partial charge in [-0.05, 0) is 75.0 Å². The minimum atomic E-state index is 0.0324. The molecular formula is C23H28ClN3O. The SMILES string of the molecule is CN(C)CCC1(c2cccc(CCN3Cc4c(N)cc(Cl)cc4C3=O)c2)CC1. The van der Waals surface area contributed by atoms with E-state index in [9.17, 15) is 4.79 Å². The second kappa shape index (κ2) is 7.41. The summed E-state index contributed by atoms with van der Waals surface area (Å²) in [7, 11) is 4.27. The summed E-state index contributed by atoms with van der Waals surface area (Å²) >= 11 is 6.07. The zero-order valence-corrected chi connectivity index (χ0v) is 17.4. The van der Waals surface area contributed by atoms with E-state index in [1.807, 2.05) is 4.90 Å². The molecular weight excluding hydrogens is 370 g/mol. The number of halogens is 1. The monoisotopic (exact) mass is 397 g/mol. The van der Waals surface area contributed by atoms with Crippen molar-refractivity contribution in [3.8, 4) is 0 Å². The molecule has 1 aliphatic heterocycles. The molecule has 0 aromatic heterocycles. The lowest BCUT2D eigenvalue weighted by atomic mass is 9.90. The van der Waals surface area contributed by atoms with Crippen LogP contribution in [0.25, 0.3) is 0 Å². The Hall–Kier alpha value is -2.04. The molecule has 1 fully saturated rings. The van der Waals surface area contributed by atoms with Crippen LogP contribution in [-0.2, 0) is 18.4 Å². The van der Waals surface area contributed by atoms with E-state index in [2.05, 4.69) is 43.3 Å². The van der Waals surface area contributed by atoms with Gasteiger partial charge in [0.1, 0.15) is 0 Å². The molecule has 148 valence electrons. The van der Waals surface area contributed by atoms with Gasteiger partial charge in [0.15, 0.2) is 0 Å². The van der Waals surface area contributed by atoms with E-state index in [0.29, 0.717) is 34.8 Å². The van der Waals surface area contributed by atoms with Crippen LogP contribution >= 0.6 is 11.6 Å². The fourth-order valence-corrected chi connectivity index (χ4v) is 4.46. The average Bonchev–Trinajstić information content (AvgIpc) is 3.39. The van der Waals surface area contributed by atoms with Crippen LogP contribution in [0.3, 0.4) is 0 Å². The Kier molecular flexibility index (Phi) is 5.11. The van der Waals surface area contributed by atoms with Gasteiger partial charge in [-0.2, -0.15) is 0 Å². The molecule has 1 saturated carbocycles. The van der Waals surface area contributed by atoms with Crippen molar-refractivity contribution >= 4 is 23.2 Å². The normalized spacial score (nSPS) is 17.3. The Morgan fingerprint density at radius 1 is 1.21 bits per heavy atom. The Morgan fingerprint density at radius 3 is 2.71 bits per heavy atom. The molecule has 4 nitrogen and oxygen atoms in total. The fraction of sp³-hybridized carbons (Fsp3) is 0.435. The predicted molar refractivity (Wildman–Crippen MR) is 115 cm³/mol. The molecule has 0 atom stereocenters. The number of amides is 1. The van der Waals surface area contributed by atoms with Gasteiger partial charge in [-0.25, -0.2) is 0 Å². The average molecular weight is 398 g/mol. The zero-order valence-electron chi connectivity index (χ0n) is 16.7. The Morgan fingerprint density at radius 2 is 2.00 bits per heavy atom. The van der Waals surface area contributed by atoms with Crippen molar-refractivity contribution in [3.05, 3.63) is 63.7 Å². The summed E-state index contributed by atoms with van der Waals surface area (Å²) in [6, 6.07) is 12.4. The third-order valence-corrected chi connectivity index (χ3v) is 6.43. The highest BCUT2D eigenvalue weighted by Gasteiger charge is 2.43. The lowest BCUT2D eigenvalue weighted by Crippen LogP contribution is -2.26. The van der Waals surface area contributed by atoms with Gasteiger partial charge in [0.05, 0.1) is 0 Å². The van der Waals surface area contributed by atoms with Crippen molar-refractivity contribution < 1.29 is 4.79 Å². The summed E-state index contributed by atoms with van der Waals surface area (Å²) in [5.74, 6) is 0.0324. The zero-order chi connectivity index (χ0) is 19.9. The molecule has 1 heterocycles. The maximum atomic E-state index is 12.7. The lowest BCUT2D eigenvalue weighted by molar-refractivity contribution is 0.0780. The van der Waals surface area contributed by atoms with Crippen LogP contribution in [0.4, 0.5) is 5.69 Å². The molecule has 1 aliphatic carbocycles. The number of nitrogens with two attached hydrogens (primary N) is 1. The molecule has 5 heteroatoms. The summed E-state index contributed by atoms with van der Waals surface area (Å²) < 4.78 is 0. The number of anilines is 1. The lowest BCUT2D eigenvalue weighted by Gasteiger charge is -2.20. The Labute approximate surface area is 172 Å². The van der Waals surface area contributed by atoms with Crippen LogP contribution in [0.5, 0.6) is 0 Å². The number of fused-ring (bicyclic) bond motifs is 1. The second-order valence-electron chi connectivity index (χ2n) is 8.53. The molecule has 2 N–H and O–H groups in total. The second-order valence-corrected chi connectivity index (χ2v) is 8.97. The first-order chi connectivity index (χ1) is 13.4. The third-order valence-electron chi connectivity index (χ3n) is 6.22. The van der Waals surface area contributed by atoms with E-state index in [-0.39, 0.29) is 5.91 Å². The van der Waals surface area contributed by atoms with E-state index in [4.69, 9.17) is 17.3 Å². The number of hydrogen-bond donors (Lipinski definition) is 1. The number of benzene rings is 2. The first kappa shape index (κ1) is 19.3. The third kappa shape index (κ3) is 3.76. The standard InChI is InChI=1S/C23H28ClN3O/c1-26(2)11-9-23(7-8-23)17-5-3-4-16(12-17)6-10-27-15-20-19(22(27)28)13-18(24)14-21(20)25/h3-5,12-14H,6-11,15,25H2,1-2H3. The first-order valence-electron chi connectivity index (χ1n) is 9.99. The first-order valence-corrected chi connectivity index (χ1v) is 10.4. The van der Waals surface area contributed by atoms with Gasteiger partial charge in [-0.1, -0.05) is 35.9 Å². The fourth-order valence-electron chi connectivity index (χ4n) is 4.23. The summed E-state index contributed by atoms with van der Waals surface area (Å²) in [5, 5.41) is 0.520. The molecule has 0 unspecified atom stereocenters. The quantitative estimate of drug-likeness (QED) is 0.715. The molecule has 0 spiro atoms. The molecule has 28 heavy (non-hydrogen) atoms. The van der Waals surface area contributed by atoms with E-state index in [1.165, 1.54) is 30.4 Å². The van der Waals surface area contributed by atoms with E-state index >= 15 is 0 Å². The number of carbonyl (C=O) groups excluding carboxylic acids is 1. The Bertz CT molecular complexity index is 905. The van der Waals surface area contributed by atoms with Gasteiger partial charge in [0.25, 0.3) is 5.91 Å². The highest BCUT2D eigenvalue weighted by molar-refractivity contribution is 6.31. The number of rotatable bonds is 7. The largest absolute Gasteiger partial charge is 0.398 e. The van der Waals surface area contributed by atoms with E-state index in [0.717, 1.165) is 18.5 Å². The molecule has 2 aliphatic rings. The summed E-state index contributed by atoms with van der Waals surface area (Å²) in [5.41, 5.74) is 11.3. The molecule has 0 saturated heterocycles. The van der Waals surface area contributed by atoms with Crippen LogP contribution in [0.15, 0.2) is 36.4 Å². The Balaban J connectivity index is 1.43. The highest BCUT2D eigenvalue weighted by atomic mass is 35.5. The summed E-state index contributed by atoms with van der Waals surface area (Å²) in [6.45, 7) is 2.39. The number of nitrogen functional groups attached to an aromatic ring is 1. The maximum absolute atomic E-state index is 12.7. The van der Waals surface area contributed by atoms with Gasteiger partial charge in [-0.3, -0.25) is 4.79 Å². The van der Waals surface area contributed by atoms with Crippen LogP contribution in [0.2, 0.25) is 5.02 Å². The summed E-state index contributed by atoms with van der Waals surface area (Å²) in [4.78, 5) is 16.9. The summed E-state index contributed by atoms with van der Waals surface area (Å²) in [6.07, 6.45) is 4.63. The van der Waals surface area contributed by atoms with Crippen molar-refractivity contribution in [2.24, 2.45) is 0 Å². The minimum absolute atomic E-state index is 0.0324. The number of hydrogen-bond acceptors (Lipinski definition) is 3. The molecule has 0 bridgehead atoms. The van der Waals surface area contributed by atoms with Gasteiger partial charge in [0.2, 0.25) is 0 Å². The van der Waals surface area contributed by atoms with E-state index in [1.54, 1.807) is 12.1 Å². The van der Waals surface area contributed by atoms with Crippen LogP contribution in [0, 0.1) is 0 Å². The predicted octanol–water partition coefficient (Wildman–Crippen LogP) is 4.10. The van der Waals surface area contributed by atoms with Crippen molar-refractivity contribution in [1.82, 2.24) is 9.80 Å². The molecule has 4 rings (SSSR count). The molecule has 2 aromatic carbocycles. The van der Waals surface area contributed by atoms with Gasteiger partial charge in [0, 0.05) is 34.9 Å². The molecule has 2 aromatic rings. The van der Waals surface area contributed by atoms with Crippen LogP contribution in [-0.4, -0.2) is 42.9 Å². The van der Waals surface area contributed by atoms with Crippen LogP contribution in [0.1, 0.15) is 46.3 Å². The van der Waals surface area contributed by atoms with Gasteiger partial charge < -0.3 is 15.5 Å².